The maximum Gasteiger partial charge on any atom is 0.258 e. The molecule has 1 aromatic carbocycles. The van der Waals surface area contributed by atoms with Gasteiger partial charge in [0.25, 0.3) is 5.56 Å². The Morgan fingerprint density at radius 1 is 1.32 bits per heavy atom. The Morgan fingerprint density at radius 3 is 2.89 bits per heavy atom. The topological polar surface area (TPSA) is 52.7 Å². The smallest absolute Gasteiger partial charge is 0.258 e. The summed E-state index contributed by atoms with van der Waals surface area (Å²) in [4.78, 5) is 12.4. The van der Waals surface area contributed by atoms with E-state index in [1.54, 1.807) is 21.7 Å². The van der Waals surface area contributed by atoms with E-state index in [4.69, 9.17) is 0 Å². The minimum Gasteiger partial charge on any atom is -0.319 e. The predicted molar refractivity (Wildman–Crippen MR) is 76.0 cm³/mol. The Bertz CT molecular complexity index is 806. The average molecular weight is 319 g/mol. The van der Waals surface area contributed by atoms with Crippen LogP contribution in [0, 0.1) is 0 Å². The van der Waals surface area contributed by atoms with Crippen molar-refractivity contribution in [3.05, 3.63) is 57.4 Å². The Labute approximate surface area is 117 Å². The van der Waals surface area contributed by atoms with Crippen LogP contribution in [-0.4, -0.2) is 19.3 Å². The third-order valence-corrected chi connectivity index (χ3v) is 3.55. The number of fused-ring (bicyclic) bond motifs is 1. The van der Waals surface area contributed by atoms with Gasteiger partial charge in [-0.25, -0.2) is 0 Å². The molecule has 0 aliphatic carbocycles. The molecule has 0 N–H and O–H groups in total. The van der Waals surface area contributed by atoms with E-state index in [1.165, 1.54) is 0 Å². The van der Waals surface area contributed by atoms with Crippen molar-refractivity contribution in [1.82, 2.24) is 19.3 Å². The lowest BCUT2D eigenvalue weighted by molar-refractivity contribution is 0.681. The van der Waals surface area contributed by atoms with Gasteiger partial charge in [-0.15, -0.1) is 10.2 Å². The van der Waals surface area contributed by atoms with Crippen LogP contribution < -0.4 is 5.56 Å². The number of aromatic nitrogens is 4. The second-order valence-corrected chi connectivity index (χ2v) is 5.25. The van der Waals surface area contributed by atoms with Crippen LogP contribution in [0.5, 0.6) is 0 Å². The SMILES string of the molecule is Cn1cnnc1Cn1ccc2cc(Br)ccc2c1=O. The standard InChI is InChI=1S/C13H11BrN4O/c1-17-8-15-16-12(17)7-18-5-4-9-6-10(14)2-3-11(9)13(18)19/h2-6,8H,7H2,1H3. The first-order chi connectivity index (χ1) is 9.15. The molecular formula is C13H11BrN4O. The number of hydrogen-bond acceptors (Lipinski definition) is 3. The number of nitrogens with zero attached hydrogens (tertiary/aromatic N) is 4. The molecule has 19 heavy (non-hydrogen) atoms. The number of aryl methyl sites for hydroxylation is 1. The molecule has 0 bridgehead atoms. The molecule has 96 valence electrons. The molecule has 3 rings (SSSR count). The molecule has 0 spiro atoms. The largest absolute Gasteiger partial charge is 0.319 e. The minimum atomic E-state index is -0.0204. The molecule has 6 heteroatoms. The maximum absolute atomic E-state index is 12.4. The second-order valence-electron chi connectivity index (χ2n) is 4.34. The van der Waals surface area contributed by atoms with Gasteiger partial charge in [0.2, 0.25) is 0 Å². The first kappa shape index (κ1) is 12.1. The Morgan fingerprint density at radius 2 is 2.16 bits per heavy atom. The highest BCUT2D eigenvalue weighted by atomic mass is 79.9. The second kappa shape index (κ2) is 4.62. The lowest BCUT2D eigenvalue weighted by Gasteiger charge is -2.06. The van der Waals surface area contributed by atoms with E-state index in [0.717, 1.165) is 15.7 Å². The summed E-state index contributed by atoms with van der Waals surface area (Å²) in [6.45, 7) is 0.418. The highest BCUT2D eigenvalue weighted by Crippen LogP contribution is 2.16. The average Bonchev–Trinajstić information content (AvgIpc) is 2.78. The monoisotopic (exact) mass is 318 g/mol. The lowest BCUT2D eigenvalue weighted by atomic mass is 10.2. The van der Waals surface area contributed by atoms with Gasteiger partial charge in [0, 0.05) is 23.1 Å². The third kappa shape index (κ3) is 2.19. The summed E-state index contributed by atoms with van der Waals surface area (Å²) < 4.78 is 4.41. The summed E-state index contributed by atoms with van der Waals surface area (Å²) in [6.07, 6.45) is 3.41. The van der Waals surface area contributed by atoms with Crippen LogP contribution in [0.25, 0.3) is 10.8 Å². The Balaban J connectivity index is 2.11. The van der Waals surface area contributed by atoms with Crippen LogP contribution in [0.2, 0.25) is 0 Å². The van der Waals surface area contributed by atoms with Crippen molar-refractivity contribution in [1.29, 1.82) is 0 Å². The zero-order chi connectivity index (χ0) is 13.4. The van der Waals surface area contributed by atoms with Crippen molar-refractivity contribution in [2.24, 2.45) is 7.05 Å². The van der Waals surface area contributed by atoms with Gasteiger partial charge in [-0.1, -0.05) is 15.9 Å². The summed E-state index contributed by atoms with van der Waals surface area (Å²) in [6, 6.07) is 7.56. The van der Waals surface area contributed by atoms with Crippen molar-refractivity contribution in [2.75, 3.05) is 0 Å². The molecule has 0 saturated carbocycles. The summed E-state index contributed by atoms with van der Waals surface area (Å²) in [7, 11) is 1.86. The lowest BCUT2D eigenvalue weighted by Crippen LogP contribution is -2.21. The zero-order valence-electron chi connectivity index (χ0n) is 10.2. The molecule has 0 aliphatic heterocycles. The molecule has 0 saturated heterocycles. The highest BCUT2D eigenvalue weighted by Gasteiger charge is 2.06. The first-order valence-corrected chi connectivity index (χ1v) is 6.56. The third-order valence-electron chi connectivity index (χ3n) is 3.06. The van der Waals surface area contributed by atoms with Gasteiger partial charge in [-0.05, 0) is 29.7 Å². The normalized spacial score (nSPS) is 11.1. The van der Waals surface area contributed by atoms with Crippen LogP contribution in [0.3, 0.4) is 0 Å². The number of pyridine rings is 1. The molecule has 0 atom stereocenters. The maximum atomic E-state index is 12.4. The Kier molecular flexibility index (Phi) is 2.94. The zero-order valence-corrected chi connectivity index (χ0v) is 11.8. The number of halogens is 1. The van der Waals surface area contributed by atoms with E-state index in [2.05, 4.69) is 26.1 Å². The van der Waals surface area contributed by atoms with Gasteiger partial charge in [-0.3, -0.25) is 4.79 Å². The van der Waals surface area contributed by atoms with E-state index < -0.39 is 0 Å². The molecule has 0 aliphatic rings. The molecule has 0 radical (unpaired) electrons. The van der Waals surface area contributed by atoms with Crippen LogP contribution in [0.15, 0.2) is 46.1 Å². The van der Waals surface area contributed by atoms with Gasteiger partial charge in [0.1, 0.15) is 6.33 Å². The number of rotatable bonds is 2. The van der Waals surface area contributed by atoms with Crippen molar-refractivity contribution < 1.29 is 0 Å². The summed E-state index contributed by atoms with van der Waals surface area (Å²) in [5.74, 6) is 0.749. The van der Waals surface area contributed by atoms with Crippen LogP contribution in [-0.2, 0) is 13.6 Å². The van der Waals surface area contributed by atoms with Crippen LogP contribution >= 0.6 is 15.9 Å². The van der Waals surface area contributed by atoms with Crippen molar-refractivity contribution in [2.45, 2.75) is 6.54 Å². The van der Waals surface area contributed by atoms with Gasteiger partial charge in [0.05, 0.1) is 6.54 Å². The van der Waals surface area contributed by atoms with Crippen molar-refractivity contribution >= 4 is 26.7 Å². The molecule has 0 amide bonds. The van der Waals surface area contributed by atoms with E-state index in [-0.39, 0.29) is 5.56 Å². The Hall–Kier alpha value is -1.95. The van der Waals surface area contributed by atoms with Crippen LogP contribution in [0.1, 0.15) is 5.82 Å². The van der Waals surface area contributed by atoms with E-state index >= 15 is 0 Å². The molecule has 0 fully saturated rings. The molecule has 2 heterocycles. The van der Waals surface area contributed by atoms with Crippen molar-refractivity contribution in [3.63, 3.8) is 0 Å². The van der Waals surface area contributed by atoms with Crippen molar-refractivity contribution in [3.8, 4) is 0 Å². The first-order valence-electron chi connectivity index (χ1n) is 5.77. The molecular weight excluding hydrogens is 308 g/mol. The molecule has 5 nitrogen and oxygen atoms in total. The van der Waals surface area contributed by atoms with Gasteiger partial charge in [0.15, 0.2) is 5.82 Å². The fraction of sp³-hybridized carbons (Fsp3) is 0.154. The summed E-state index contributed by atoms with van der Waals surface area (Å²) >= 11 is 3.40. The fourth-order valence-corrected chi connectivity index (χ4v) is 2.36. The summed E-state index contributed by atoms with van der Waals surface area (Å²) in [5, 5.41) is 9.43. The highest BCUT2D eigenvalue weighted by molar-refractivity contribution is 9.10. The number of hydrogen-bond donors (Lipinski definition) is 0. The predicted octanol–water partition coefficient (Wildman–Crippen LogP) is 1.94. The quantitative estimate of drug-likeness (QED) is 0.725. The van der Waals surface area contributed by atoms with Gasteiger partial charge in [-0.2, -0.15) is 0 Å². The van der Waals surface area contributed by atoms with Gasteiger partial charge < -0.3 is 9.13 Å². The molecule has 3 aromatic rings. The van der Waals surface area contributed by atoms with E-state index in [0.29, 0.717) is 11.9 Å². The molecule has 2 aromatic heterocycles. The van der Waals surface area contributed by atoms with E-state index in [1.807, 2.05) is 31.3 Å². The fourth-order valence-electron chi connectivity index (χ4n) is 1.99. The molecule has 0 unspecified atom stereocenters. The van der Waals surface area contributed by atoms with E-state index in [9.17, 15) is 4.79 Å². The summed E-state index contributed by atoms with van der Waals surface area (Å²) in [5.41, 5.74) is -0.0204. The minimum absolute atomic E-state index is 0.0204. The number of benzene rings is 1. The van der Waals surface area contributed by atoms with Gasteiger partial charge >= 0.3 is 0 Å². The van der Waals surface area contributed by atoms with Crippen LogP contribution in [0.4, 0.5) is 0 Å².